The molecule has 164 valence electrons. The summed E-state index contributed by atoms with van der Waals surface area (Å²) < 4.78 is 2.36. The van der Waals surface area contributed by atoms with Gasteiger partial charge in [0.1, 0.15) is 5.65 Å². The Kier molecular flexibility index (Phi) is 4.83. The molecule has 0 atom stereocenters. The Morgan fingerprint density at radius 1 is 0.938 bits per heavy atom. The maximum Gasteiger partial charge on any atom is 0.230 e. The number of anilines is 3. The summed E-state index contributed by atoms with van der Waals surface area (Å²) >= 11 is 0. The first kappa shape index (κ1) is 19.4. The number of nitrogens with one attached hydrogen (secondary N) is 1. The van der Waals surface area contributed by atoms with Crippen LogP contribution in [-0.4, -0.2) is 67.8 Å². The van der Waals surface area contributed by atoms with E-state index in [9.17, 15) is 0 Å². The molecule has 9 nitrogen and oxygen atoms in total. The van der Waals surface area contributed by atoms with E-state index in [-0.39, 0.29) is 0 Å². The zero-order chi connectivity index (χ0) is 21.5. The number of likely N-dealkylation sites (N-methyl/N-ethyl adjacent to an activating group) is 1. The monoisotopic (exact) mass is 429 g/mol. The lowest BCUT2D eigenvalue weighted by molar-refractivity contribution is 0.312. The van der Waals surface area contributed by atoms with Gasteiger partial charge in [0.25, 0.3) is 0 Å². The van der Waals surface area contributed by atoms with Crippen LogP contribution in [0.1, 0.15) is 31.7 Å². The summed E-state index contributed by atoms with van der Waals surface area (Å²) in [5.41, 5.74) is 2.09. The van der Waals surface area contributed by atoms with Crippen LogP contribution in [0, 0.1) is 0 Å². The third-order valence-electron chi connectivity index (χ3n) is 6.75. The zero-order valence-corrected chi connectivity index (χ0v) is 18.3. The van der Waals surface area contributed by atoms with Crippen molar-refractivity contribution in [1.29, 1.82) is 0 Å². The van der Waals surface area contributed by atoms with Gasteiger partial charge in [-0.15, -0.1) is 10.2 Å². The fourth-order valence-electron chi connectivity index (χ4n) is 4.97. The summed E-state index contributed by atoms with van der Waals surface area (Å²) in [6.07, 6.45) is 10.6. The van der Waals surface area contributed by atoms with Crippen LogP contribution in [0.2, 0.25) is 0 Å². The average Bonchev–Trinajstić information content (AvgIpc) is 3.46. The molecule has 4 aromatic heterocycles. The Morgan fingerprint density at radius 3 is 2.56 bits per heavy atom. The van der Waals surface area contributed by atoms with Crippen molar-refractivity contribution in [3.63, 3.8) is 0 Å². The van der Waals surface area contributed by atoms with E-state index in [0.29, 0.717) is 17.8 Å². The molecule has 2 aliphatic rings. The summed E-state index contributed by atoms with van der Waals surface area (Å²) in [5, 5.41) is 14.3. The fraction of sp³-hybridized carbons (Fsp3) is 0.435. The van der Waals surface area contributed by atoms with Gasteiger partial charge in [0.15, 0.2) is 11.6 Å². The van der Waals surface area contributed by atoms with Gasteiger partial charge in [-0.1, -0.05) is 12.8 Å². The first-order chi connectivity index (χ1) is 15.8. The summed E-state index contributed by atoms with van der Waals surface area (Å²) in [5.74, 6) is 2.09. The number of hydrogen-bond acceptors (Lipinski definition) is 8. The van der Waals surface area contributed by atoms with E-state index in [4.69, 9.17) is 4.98 Å². The molecular weight excluding hydrogens is 402 g/mol. The first-order valence-electron chi connectivity index (χ1n) is 11.4. The molecule has 2 fully saturated rings. The Hall–Kier alpha value is -3.33. The summed E-state index contributed by atoms with van der Waals surface area (Å²) in [4.78, 5) is 18.4. The largest absolute Gasteiger partial charge is 0.353 e. The van der Waals surface area contributed by atoms with Gasteiger partial charge in [0.2, 0.25) is 5.95 Å². The van der Waals surface area contributed by atoms with Crippen LogP contribution in [0.15, 0.2) is 36.8 Å². The van der Waals surface area contributed by atoms with Gasteiger partial charge in [0, 0.05) is 55.4 Å². The Balaban J connectivity index is 1.30. The van der Waals surface area contributed by atoms with Crippen LogP contribution in [0.3, 0.4) is 0 Å². The van der Waals surface area contributed by atoms with Crippen molar-refractivity contribution in [3.8, 4) is 0 Å². The SMILES string of the molecule is CN1CCN(c2ccc(Nc3ncc4c5ccncc5n(C5CCCC5)c4n3)nn2)CC1. The minimum Gasteiger partial charge on any atom is -0.353 e. The number of hydrogen-bond donors (Lipinski definition) is 1. The van der Waals surface area contributed by atoms with Crippen LogP contribution in [0.4, 0.5) is 17.6 Å². The molecule has 0 radical (unpaired) electrons. The van der Waals surface area contributed by atoms with Gasteiger partial charge in [0.05, 0.1) is 11.7 Å². The highest BCUT2D eigenvalue weighted by Crippen LogP contribution is 2.37. The summed E-state index contributed by atoms with van der Waals surface area (Å²) in [6, 6.07) is 6.48. The van der Waals surface area contributed by atoms with Gasteiger partial charge in [-0.3, -0.25) is 4.98 Å². The molecule has 0 amide bonds. The number of nitrogens with zero attached hydrogens (tertiary/aromatic N) is 8. The van der Waals surface area contributed by atoms with E-state index in [2.05, 4.69) is 53.0 Å². The number of fused-ring (bicyclic) bond motifs is 3. The molecule has 1 aliphatic carbocycles. The number of pyridine rings is 1. The second kappa shape index (κ2) is 7.98. The van der Waals surface area contributed by atoms with E-state index in [1.54, 1.807) is 0 Å². The Morgan fingerprint density at radius 2 is 1.78 bits per heavy atom. The summed E-state index contributed by atoms with van der Waals surface area (Å²) in [6.45, 7) is 4.02. The fourth-order valence-corrected chi connectivity index (χ4v) is 4.97. The third-order valence-corrected chi connectivity index (χ3v) is 6.75. The highest BCUT2D eigenvalue weighted by Gasteiger charge is 2.23. The van der Waals surface area contributed by atoms with Gasteiger partial charge < -0.3 is 19.7 Å². The minimum absolute atomic E-state index is 0.463. The molecule has 0 unspecified atom stereocenters. The number of piperazine rings is 1. The smallest absolute Gasteiger partial charge is 0.230 e. The van der Waals surface area contributed by atoms with Gasteiger partial charge >= 0.3 is 0 Å². The van der Waals surface area contributed by atoms with Crippen molar-refractivity contribution in [2.24, 2.45) is 0 Å². The van der Waals surface area contributed by atoms with E-state index >= 15 is 0 Å². The van der Waals surface area contributed by atoms with E-state index in [1.165, 1.54) is 25.7 Å². The van der Waals surface area contributed by atoms with E-state index in [0.717, 1.165) is 53.9 Å². The van der Waals surface area contributed by atoms with E-state index in [1.807, 2.05) is 30.7 Å². The van der Waals surface area contributed by atoms with Crippen LogP contribution >= 0.6 is 0 Å². The second-order valence-electron chi connectivity index (χ2n) is 8.82. The van der Waals surface area contributed by atoms with Crippen molar-refractivity contribution in [2.75, 3.05) is 43.4 Å². The van der Waals surface area contributed by atoms with Crippen LogP contribution in [-0.2, 0) is 0 Å². The molecule has 6 rings (SSSR count). The normalized spacial score (nSPS) is 18.1. The highest BCUT2D eigenvalue weighted by molar-refractivity contribution is 6.06. The molecule has 4 aromatic rings. The number of rotatable bonds is 4. The lowest BCUT2D eigenvalue weighted by Crippen LogP contribution is -2.44. The average molecular weight is 430 g/mol. The molecule has 1 aliphatic heterocycles. The molecule has 0 bridgehead atoms. The van der Waals surface area contributed by atoms with Crippen molar-refractivity contribution in [3.05, 3.63) is 36.8 Å². The second-order valence-corrected chi connectivity index (χ2v) is 8.82. The zero-order valence-electron chi connectivity index (χ0n) is 18.3. The van der Waals surface area contributed by atoms with Gasteiger partial charge in [-0.25, -0.2) is 4.98 Å². The molecule has 1 saturated carbocycles. The predicted octanol–water partition coefficient (Wildman–Crippen LogP) is 3.38. The van der Waals surface area contributed by atoms with Crippen LogP contribution < -0.4 is 10.2 Å². The van der Waals surface area contributed by atoms with Crippen molar-refractivity contribution in [2.45, 2.75) is 31.7 Å². The molecule has 0 spiro atoms. The molecule has 9 heteroatoms. The lowest BCUT2D eigenvalue weighted by atomic mass is 10.2. The molecule has 1 N–H and O–H groups in total. The highest BCUT2D eigenvalue weighted by atomic mass is 15.3. The molecular formula is C23H27N9. The predicted molar refractivity (Wildman–Crippen MR) is 125 cm³/mol. The van der Waals surface area contributed by atoms with Crippen LogP contribution in [0.5, 0.6) is 0 Å². The topological polar surface area (TPSA) is 87.9 Å². The van der Waals surface area contributed by atoms with Crippen LogP contribution in [0.25, 0.3) is 21.9 Å². The van der Waals surface area contributed by atoms with Crippen molar-refractivity contribution < 1.29 is 0 Å². The maximum absolute atomic E-state index is 4.90. The maximum atomic E-state index is 4.90. The van der Waals surface area contributed by atoms with Crippen molar-refractivity contribution in [1.82, 2.24) is 34.6 Å². The third kappa shape index (κ3) is 3.42. The van der Waals surface area contributed by atoms with E-state index < -0.39 is 0 Å². The summed E-state index contributed by atoms with van der Waals surface area (Å²) in [7, 11) is 2.15. The van der Waals surface area contributed by atoms with Gasteiger partial charge in [-0.2, -0.15) is 4.98 Å². The van der Waals surface area contributed by atoms with Gasteiger partial charge in [-0.05, 0) is 38.1 Å². The van der Waals surface area contributed by atoms with Crippen molar-refractivity contribution >= 4 is 39.5 Å². The molecule has 0 aromatic carbocycles. The number of aromatic nitrogens is 6. The Labute approximate surface area is 186 Å². The molecule has 5 heterocycles. The first-order valence-corrected chi connectivity index (χ1v) is 11.4. The lowest BCUT2D eigenvalue weighted by Gasteiger charge is -2.32. The standard InChI is InChI=1S/C23H27N9/c1-30-10-12-31(13-11-30)21-7-6-20(28-29-21)26-23-25-14-18-17-8-9-24-15-19(17)32(22(18)27-23)16-4-2-3-5-16/h6-9,14-16H,2-5,10-13H2,1H3,(H,25,26,27,28). The minimum atomic E-state index is 0.463. The Bertz CT molecular complexity index is 1240. The molecule has 1 saturated heterocycles. The quantitative estimate of drug-likeness (QED) is 0.528. The molecule has 32 heavy (non-hydrogen) atoms.